The smallest absolute Gasteiger partial charge is 0.310 e. The number of hydrogen-bond acceptors (Lipinski definition) is 3. The highest BCUT2D eigenvalue weighted by molar-refractivity contribution is 9.10. The fourth-order valence-corrected chi connectivity index (χ4v) is 2.55. The maximum atomic E-state index is 11.3. The van der Waals surface area contributed by atoms with Crippen molar-refractivity contribution in [1.29, 1.82) is 0 Å². The summed E-state index contributed by atoms with van der Waals surface area (Å²) < 4.78 is 11.4. The molecule has 0 N–H and O–H groups in total. The molecule has 1 rings (SSSR count). The monoisotopic (exact) mass is 316 g/mol. The number of halogens is 1. The molecular formula is C12H17BrO3Si. The maximum absolute atomic E-state index is 11.3. The SMILES string of the molecule is COC(=O)Cc1cc(O[Si](C)(C)C)ccc1Br. The Kier molecular flexibility index (Phi) is 4.77. The lowest BCUT2D eigenvalue weighted by Crippen LogP contribution is -2.29. The van der Waals surface area contributed by atoms with Crippen molar-refractivity contribution < 1.29 is 14.0 Å². The van der Waals surface area contributed by atoms with E-state index in [0.717, 1.165) is 15.8 Å². The predicted molar refractivity (Wildman–Crippen MR) is 73.8 cm³/mol. The van der Waals surface area contributed by atoms with Crippen molar-refractivity contribution in [3.63, 3.8) is 0 Å². The van der Waals surface area contributed by atoms with Gasteiger partial charge in [0.2, 0.25) is 8.32 Å². The van der Waals surface area contributed by atoms with Crippen LogP contribution in [0, 0.1) is 0 Å². The van der Waals surface area contributed by atoms with Crippen LogP contribution in [0.4, 0.5) is 0 Å². The molecule has 0 saturated heterocycles. The Bertz CT molecular complexity index is 413. The predicted octanol–water partition coefficient (Wildman–Crippen LogP) is 3.38. The van der Waals surface area contributed by atoms with Crippen LogP contribution in [-0.4, -0.2) is 21.4 Å². The summed E-state index contributed by atoms with van der Waals surface area (Å²) in [5.41, 5.74) is 0.882. The Labute approximate surface area is 111 Å². The number of methoxy groups -OCH3 is 1. The van der Waals surface area contributed by atoms with E-state index in [2.05, 4.69) is 40.3 Å². The second-order valence-electron chi connectivity index (χ2n) is 4.72. The van der Waals surface area contributed by atoms with Crippen LogP contribution >= 0.6 is 15.9 Å². The van der Waals surface area contributed by atoms with Crippen LogP contribution in [-0.2, 0) is 16.0 Å². The minimum Gasteiger partial charge on any atom is -0.544 e. The summed E-state index contributed by atoms with van der Waals surface area (Å²) in [6.45, 7) is 6.36. The molecule has 94 valence electrons. The third-order valence-electron chi connectivity index (χ3n) is 2.00. The van der Waals surface area contributed by atoms with Crippen molar-refractivity contribution in [2.75, 3.05) is 7.11 Å². The summed E-state index contributed by atoms with van der Waals surface area (Å²) in [5, 5.41) is 0. The second-order valence-corrected chi connectivity index (χ2v) is 10.0. The molecule has 0 aliphatic carbocycles. The van der Waals surface area contributed by atoms with E-state index in [1.165, 1.54) is 7.11 Å². The minimum absolute atomic E-state index is 0.250. The number of rotatable bonds is 4. The zero-order valence-corrected chi connectivity index (χ0v) is 13.1. The van der Waals surface area contributed by atoms with E-state index >= 15 is 0 Å². The first-order valence-electron chi connectivity index (χ1n) is 5.36. The first-order chi connectivity index (χ1) is 7.81. The van der Waals surface area contributed by atoms with E-state index in [-0.39, 0.29) is 12.4 Å². The lowest BCUT2D eigenvalue weighted by Gasteiger charge is -2.19. The molecule has 0 saturated carbocycles. The average molecular weight is 317 g/mol. The van der Waals surface area contributed by atoms with Crippen molar-refractivity contribution in [3.05, 3.63) is 28.2 Å². The molecule has 0 atom stereocenters. The molecule has 0 bridgehead atoms. The largest absolute Gasteiger partial charge is 0.544 e. The van der Waals surface area contributed by atoms with E-state index in [0.29, 0.717) is 0 Å². The molecule has 1 aromatic carbocycles. The van der Waals surface area contributed by atoms with E-state index in [1.54, 1.807) is 0 Å². The molecule has 0 spiro atoms. The van der Waals surface area contributed by atoms with Crippen molar-refractivity contribution >= 4 is 30.2 Å². The van der Waals surface area contributed by atoms with Crippen molar-refractivity contribution in [2.24, 2.45) is 0 Å². The van der Waals surface area contributed by atoms with Crippen molar-refractivity contribution in [1.82, 2.24) is 0 Å². The van der Waals surface area contributed by atoms with Gasteiger partial charge < -0.3 is 9.16 Å². The van der Waals surface area contributed by atoms with Gasteiger partial charge in [-0.15, -0.1) is 0 Å². The minimum atomic E-state index is -1.62. The standard InChI is InChI=1S/C12H17BrO3Si/c1-15-12(14)8-9-7-10(5-6-11(9)13)16-17(2,3)4/h5-7H,8H2,1-4H3. The van der Waals surface area contributed by atoms with E-state index in [4.69, 9.17) is 4.43 Å². The molecule has 0 unspecified atom stereocenters. The third-order valence-corrected chi connectivity index (χ3v) is 3.63. The maximum Gasteiger partial charge on any atom is 0.310 e. The summed E-state index contributed by atoms with van der Waals surface area (Å²) in [5.74, 6) is 0.558. The van der Waals surface area contributed by atoms with Gasteiger partial charge in [0.1, 0.15) is 5.75 Å². The molecule has 0 amide bonds. The van der Waals surface area contributed by atoms with Crippen molar-refractivity contribution in [2.45, 2.75) is 26.1 Å². The Hall–Kier alpha value is -0.813. The highest BCUT2D eigenvalue weighted by Crippen LogP contribution is 2.25. The summed E-state index contributed by atoms with van der Waals surface area (Å²) in [7, 11) is -0.231. The number of hydrogen-bond donors (Lipinski definition) is 0. The Balaban J connectivity index is 2.90. The fraction of sp³-hybridized carbons (Fsp3) is 0.417. The van der Waals surface area contributed by atoms with Crippen LogP contribution in [0.15, 0.2) is 22.7 Å². The lowest BCUT2D eigenvalue weighted by molar-refractivity contribution is -0.139. The molecule has 0 heterocycles. The van der Waals surface area contributed by atoms with Crippen molar-refractivity contribution in [3.8, 4) is 5.75 Å². The Morgan fingerprint density at radius 1 is 1.35 bits per heavy atom. The number of esters is 1. The molecule has 3 nitrogen and oxygen atoms in total. The first-order valence-corrected chi connectivity index (χ1v) is 9.56. The zero-order valence-electron chi connectivity index (χ0n) is 10.5. The Morgan fingerprint density at radius 3 is 2.53 bits per heavy atom. The van der Waals surface area contributed by atoms with Crippen LogP contribution in [0.2, 0.25) is 19.6 Å². The van der Waals surface area contributed by atoms with Crippen LogP contribution in [0.25, 0.3) is 0 Å². The molecule has 1 aromatic rings. The molecule has 0 radical (unpaired) electrons. The van der Waals surface area contributed by atoms with Crippen LogP contribution in [0.3, 0.4) is 0 Å². The fourth-order valence-electron chi connectivity index (χ4n) is 1.33. The van der Waals surface area contributed by atoms with E-state index in [1.807, 2.05) is 18.2 Å². The van der Waals surface area contributed by atoms with Crippen LogP contribution < -0.4 is 4.43 Å². The number of ether oxygens (including phenoxy) is 1. The first kappa shape index (κ1) is 14.2. The topological polar surface area (TPSA) is 35.5 Å². The van der Waals surface area contributed by atoms with Gasteiger partial charge in [0.15, 0.2) is 0 Å². The van der Waals surface area contributed by atoms with Crippen LogP contribution in [0.1, 0.15) is 5.56 Å². The molecule has 0 aliphatic rings. The number of carbonyl (C=O) groups is 1. The van der Waals surface area contributed by atoms with Gasteiger partial charge in [0.05, 0.1) is 13.5 Å². The van der Waals surface area contributed by atoms with Gasteiger partial charge in [-0.2, -0.15) is 0 Å². The second kappa shape index (κ2) is 5.69. The quantitative estimate of drug-likeness (QED) is 0.631. The van der Waals surface area contributed by atoms with Gasteiger partial charge >= 0.3 is 5.97 Å². The highest BCUT2D eigenvalue weighted by atomic mass is 79.9. The van der Waals surface area contributed by atoms with Gasteiger partial charge in [0, 0.05) is 4.47 Å². The lowest BCUT2D eigenvalue weighted by atomic mass is 10.1. The summed E-state index contributed by atoms with van der Waals surface area (Å²) in [4.78, 5) is 11.3. The van der Waals surface area contributed by atoms with Gasteiger partial charge in [-0.1, -0.05) is 15.9 Å². The summed E-state index contributed by atoms with van der Waals surface area (Å²) >= 11 is 3.42. The molecule has 5 heteroatoms. The number of carbonyl (C=O) groups excluding carboxylic acids is 1. The molecule has 0 aliphatic heterocycles. The number of benzene rings is 1. The van der Waals surface area contributed by atoms with Gasteiger partial charge in [-0.3, -0.25) is 4.79 Å². The van der Waals surface area contributed by atoms with Gasteiger partial charge in [0.25, 0.3) is 0 Å². The van der Waals surface area contributed by atoms with Crippen LogP contribution in [0.5, 0.6) is 5.75 Å². The summed E-state index contributed by atoms with van der Waals surface area (Å²) in [6, 6.07) is 5.69. The molecular weight excluding hydrogens is 300 g/mol. The third kappa shape index (κ3) is 4.91. The van der Waals surface area contributed by atoms with E-state index < -0.39 is 8.32 Å². The van der Waals surface area contributed by atoms with Gasteiger partial charge in [-0.05, 0) is 43.4 Å². The molecule has 17 heavy (non-hydrogen) atoms. The average Bonchev–Trinajstić information content (AvgIpc) is 2.20. The van der Waals surface area contributed by atoms with Gasteiger partial charge in [-0.25, -0.2) is 0 Å². The van der Waals surface area contributed by atoms with E-state index in [9.17, 15) is 4.79 Å². The molecule has 0 fully saturated rings. The zero-order chi connectivity index (χ0) is 13.1. The Morgan fingerprint density at radius 2 is 2.00 bits per heavy atom. The highest BCUT2D eigenvalue weighted by Gasteiger charge is 2.17. The normalized spacial score (nSPS) is 11.1. The summed E-state index contributed by atoms with van der Waals surface area (Å²) in [6.07, 6.45) is 0.250. The molecule has 0 aromatic heterocycles.